The van der Waals surface area contributed by atoms with E-state index < -0.39 is 24.6 Å². The summed E-state index contributed by atoms with van der Waals surface area (Å²) in [5.41, 5.74) is 0.743. The molecule has 0 unspecified atom stereocenters. The Morgan fingerprint density at radius 3 is 2.58 bits per heavy atom. The van der Waals surface area contributed by atoms with Crippen molar-refractivity contribution < 1.29 is 32.0 Å². The van der Waals surface area contributed by atoms with Crippen LogP contribution in [0.4, 0.5) is 17.6 Å². The summed E-state index contributed by atoms with van der Waals surface area (Å²) in [6, 6.07) is 9.84. The average molecular weight is 368 g/mol. The lowest BCUT2D eigenvalue weighted by Crippen LogP contribution is -2.41. The van der Waals surface area contributed by atoms with Crippen LogP contribution >= 0.6 is 0 Å². The van der Waals surface area contributed by atoms with Crippen LogP contribution < -0.4 is 5.46 Å². The monoisotopic (exact) mass is 368 g/mol. The highest BCUT2D eigenvalue weighted by Gasteiger charge is 2.34. The van der Waals surface area contributed by atoms with Crippen molar-refractivity contribution in [3.8, 4) is 0 Å². The predicted molar refractivity (Wildman–Crippen MR) is 90.2 cm³/mol. The highest BCUT2D eigenvalue weighted by Crippen LogP contribution is 2.32. The third-order valence-electron chi connectivity index (χ3n) is 4.02. The molecule has 8 heteroatoms. The fourth-order valence-corrected chi connectivity index (χ4v) is 2.84. The largest absolute Gasteiger partial charge is 0.491 e. The molecule has 0 atom stereocenters. The van der Waals surface area contributed by atoms with Gasteiger partial charge in [-0.1, -0.05) is 36.4 Å². The zero-order valence-electron chi connectivity index (χ0n) is 14.0. The number of hydrogen-bond donors (Lipinski definition) is 1. The Morgan fingerprint density at radius 2 is 1.88 bits per heavy atom. The zero-order valence-corrected chi connectivity index (χ0v) is 14.0. The molecule has 0 saturated heterocycles. The average Bonchev–Trinajstić information content (AvgIpc) is 2.63. The third-order valence-corrected chi connectivity index (χ3v) is 4.02. The Balaban J connectivity index is 0.00000117. The van der Waals surface area contributed by atoms with Gasteiger partial charge in [0.2, 0.25) is 0 Å². The molecular formula is C18H17BF4O3. The second kappa shape index (κ2) is 8.46. The molecule has 1 N–H and O–H groups in total. The maximum Gasteiger partial charge on any atom is 0.491 e. The fourth-order valence-electron chi connectivity index (χ4n) is 2.84. The Hall–Kier alpha value is -2.19. The molecule has 3 rings (SSSR count). The Bertz CT molecular complexity index is 777. The van der Waals surface area contributed by atoms with E-state index in [0.717, 1.165) is 11.6 Å². The van der Waals surface area contributed by atoms with E-state index in [-0.39, 0.29) is 12.0 Å². The standard InChI is InChI=1S/C17H14BF3O3.CH3F/c19-17(20,21)14-4-2-1-3-13(14)16(22)10-11-5-6-12-7-8-24-18(23)15(12)9-11;1-2/h1-6,9,23H,7-8,10H2;1H3. The minimum absolute atomic E-state index is 0.174. The number of hydrogen-bond acceptors (Lipinski definition) is 3. The first-order valence-electron chi connectivity index (χ1n) is 7.85. The summed E-state index contributed by atoms with van der Waals surface area (Å²) in [5.74, 6) is -0.617. The van der Waals surface area contributed by atoms with Gasteiger partial charge in [-0.05, 0) is 29.1 Å². The molecule has 2 aromatic carbocycles. The highest BCUT2D eigenvalue weighted by molar-refractivity contribution is 6.60. The second-order valence-corrected chi connectivity index (χ2v) is 5.65. The molecule has 3 nitrogen and oxygen atoms in total. The minimum Gasteiger partial charge on any atom is -0.423 e. The van der Waals surface area contributed by atoms with Crippen molar-refractivity contribution in [3.05, 3.63) is 64.7 Å². The summed E-state index contributed by atoms with van der Waals surface area (Å²) in [4.78, 5) is 12.3. The minimum atomic E-state index is -4.58. The van der Waals surface area contributed by atoms with E-state index in [1.807, 2.05) is 0 Å². The molecule has 1 aliphatic rings. The van der Waals surface area contributed by atoms with E-state index in [2.05, 4.69) is 0 Å². The van der Waals surface area contributed by atoms with E-state index in [1.165, 1.54) is 18.2 Å². The van der Waals surface area contributed by atoms with Gasteiger partial charge in [-0.25, -0.2) is 0 Å². The Labute approximate surface area is 148 Å². The van der Waals surface area contributed by atoms with E-state index in [9.17, 15) is 27.4 Å². The van der Waals surface area contributed by atoms with E-state index in [1.54, 1.807) is 18.2 Å². The lowest BCUT2D eigenvalue weighted by atomic mass is 9.72. The van der Waals surface area contributed by atoms with Gasteiger partial charge in [0, 0.05) is 18.6 Å². The van der Waals surface area contributed by atoms with Gasteiger partial charge in [-0.3, -0.25) is 9.18 Å². The Morgan fingerprint density at radius 1 is 1.19 bits per heavy atom. The maximum absolute atomic E-state index is 13.0. The van der Waals surface area contributed by atoms with Gasteiger partial charge in [0.05, 0.1) is 12.7 Å². The van der Waals surface area contributed by atoms with Crippen LogP contribution in [0.25, 0.3) is 0 Å². The molecule has 138 valence electrons. The number of carbonyl (C=O) groups is 1. The summed E-state index contributed by atoms with van der Waals surface area (Å²) in [7, 11) is -0.564. The van der Waals surface area contributed by atoms with Gasteiger partial charge in [0.15, 0.2) is 5.78 Å². The van der Waals surface area contributed by atoms with Crippen molar-refractivity contribution >= 4 is 18.4 Å². The summed E-state index contributed by atoms with van der Waals surface area (Å²) in [6.07, 6.45) is -4.10. The zero-order chi connectivity index (χ0) is 19.3. The topological polar surface area (TPSA) is 46.5 Å². The summed E-state index contributed by atoms with van der Waals surface area (Å²) < 4.78 is 53.7. The van der Waals surface area contributed by atoms with Crippen molar-refractivity contribution in [1.82, 2.24) is 0 Å². The molecule has 0 spiro atoms. The molecule has 0 bridgehead atoms. The summed E-state index contributed by atoms with van der Waals surface area (Å²) in [5, 5.41) is 9.83. The molecule has 2 aromatic rings. The predicted octanol–water partition coefficient (Wildman–Crippen LogP) is 2.98. The van der Waals surface area contributed by atoms with Gasteiger partial charge >= 0.3 is 13.3 Å². The first-order chi connectivity index (χ1) is 12.4. The van der Waals surface area contributed by atoms with Crippen LogP contribution in [0.2, 0.25) is 0 Å². The molecule has 0 aromatic heterocycles. The molecule has 0 amide bonds. The van der Waals surface area contributed by atoms with E-state index in [4.69, 9.17) is 4.65 Å². The second-order valence-electron chi connectivity index (χ2n) is 5.65. The first kappa shape index (κ1) is 20.1. The number of Topliss-reactive ketones (excluding diaryl/α,β-unsaturated/α-hetero) is 1. The smallest absolute Gasteiger partial charge is 0.423 e. The number of rotatable bonds is 3. The van der Waals surface area contributed by atoms with Crippen LogP contribution in [-0.4, -0.2) is 31.7 Å². The summed E-state index contributed by atoms with van der Waals surface area (Å²) in [6.45, 7) is 0.408. The maximum atomic E-state index is 13.0. The molecule has 0 fully saturated rings. The number of ketones is 1. The molecule has 1 heterocycles. The van der Waals surface area contributed by atoms with Crippen molar-refractivity contribution in [2.45, 2.75) is 19.0 Å². The lowest BCUT2D eigenvalue weighted by Gasteiger charge is -2.19. The highest BCUT2D eigenvalue weighted by atomic mass is 19.4. The number of benzene rings is 2. The molecule has 0 saturated carbocycles. The van der Waals surface area contributed by atoms with Crippen LogP contribution in [0.15, 0.2) is 42.5 Å². The lowest BCUT2D eigenvalue weighted by molar-refractivity contribution is -0.137. The fraction of sp³-hybridized carbons (Fsp3) is 0.278. The molecular weight excluding hydrogens is 351 g/mol. The van der Waals surface area contributed by atoms with Crippen LogP contribution in [-0.2, 0) is 23.7 Å². The van der Waals surface area contributed by atoms with Gasteiger partial charge in [-0.15, -0.1) is 0 Å². The third kappa shape index (κ3) is 4.50. The van der Waals surface area contributed by atoms with E-state index in [0.29, 0.717) is 31.2 Å². The molecule has 26 heavy (non-hydrogen) atoms. The quantitative estimate of drug-likeness (QED) is 0.515. The number of alkyl halides is 4. The number of carbonyl (C=O) groups excluding carboxylic acids is 1. The number of fused-ring (bicyclic) bond motifs is 1. The van der Waals surface area contributed by atoms with E-state index >= 15 is 0 Å². The van der Waals surface area contributed by atoms with Gasteiger partial charge < -0.3 is 9.68 Å². The first-order valence-corrected chi connectivity index (χ1v) is 7.85. The SMILES string of the molecule is CF.O=C(Cc1ccc2c(c1)B(O)OCC2)c1ccccc1C(F)(F)F. The molecule has 0 radical (unpaired) electrons. The normalized spacial score (nSPS) is 13.5. The van der Waals surface area contributed by atoms with Crippen molar-refractivity contribution in [2.24, 2.45) is 0 Å². The summed E-state index contributed by atoms with van der Waals surface area (Å²) >= 11 is 0. The van der Waals surface area contributed by atoms with Gasteiger partial charge in [0.25, 0.3) is 0 Å². The van der Waals surface area contributed by atoms with Crippen LogP contribution in [0.1, 0.15) is 27.0 Å². The van der Waals surface area contributed by atoms with Crippen LogP contribution in [0.5, 0.6) is 0 Å². The Kier molecular flexibility index (Phi) is 6.55. The van der Waals surface area contributed by atoms with Gasteiger partial charge in [-0.2, -0.15) is 13.2 Å². The molecule has 0 aliphatic carbocycles. The van der Waals surface area contributed by atoms with Gasteiger partial charge in [0.1, 0.15) is 0 Å². The van der Waals surface area contributed by atoms with Crippen molar-refractivity contribution in [2.75, 3.05) is 13.8 Å². The van der Waals surface area contributed by atoms with Crippen LogP contribution in [0, 0.1) is 0 Å². The number of halogens is 4. The van der Waals surface area contributed by atoms with Crippen molar-refractivity contribution in [3.63, 3.8) is 0 Å². The van der Waals surface area contributed by atoms with Crippen molar-refractivity contribution in [1.29, 1.82) is 0 Å². The molecule has 1 aliphatic heterocycles. The van der Waals surface area contributed by atoms with Crippen LogP contribution in [0.3, 0.4) is 0 Å².